The first kappa shape index (κ1) is 13.6. The molecule has 0 atom stereocenters. The van der Waals surface area contributed by atoms with E-state index in [1.54, 1.807) is 12.3 Å². The maximum absolute atomic E-state index is 12.2. The second-order valence-electron chi connectivity index (χ2n) is 4.27. The molecule has 2 rings (SSSR count). The number of amides is 1. The van der Waals surface area contributed by atoms with Crippen molar-refractivity contribution in [1.82, 2.24) is 9.55 Å². The predicted molar refractivity (Wildman–Crippen MR) is 78.7 cm³/mol. The SMILES string of the molecule is CCc1nc(NC(=O)c2cc(N)cn2CC)sc1C. The van der Waals surface area contributed by atoms with Crippen LogP contribution in [0.4, 0.5) is 10.8 Å². The van der Waals surface area contributed by atoms with Crippen LogP contribution in [0.3, 0.4) is 0 Å². The molecule has 102 valence electrons. The number of aryl methyl sites for hydroxylation is 3. The molecular weight excluding hydrogens is 260 g/mol. The maximum atomic E-state index is 12.2. The minimum absolute atomic E-state index is 0.171. The summed E-state index contributed by atoms with van der Waals surface area (Å²) in [5, 5.41) is 3.47. The number of nitrogens with zero attached hydrogens (tertiary/aromatic N) is 2. The molecule has 1 amide bonds. The molecule has 2 aromatic heterocycles. The van der Waals surface area contributed by atoms with E-state index < -0.39 is 0 Å². The largest absolute Gasteiger partial charge is 0.397 e. The number of nitrogens with two attached hydrogens (primary N) is 1. The third kappa shape index (κ3) is 2.78. The third-order valence-corrected chi connectivity index (χ3v) is 3.87. The zero-order valence-electron chi connectivity index (χ0n) is 11.4. The van der Waals surface area contributed by atoms with E-state index in [-0.39, 0.29) is 5.91 Å². The minimum Gasteiger partial charge on any atom is -0.397 e. The zero-order valence-corrected chi connectivity index (χ0v) is 12.2. The van der Waals surface area contributed by atoms with E-state index in [0.29, 0.717) is 23.1 Å². The first-order valence-electron chi connectivity index (χ1n) is 6.28. The monoisotopic (exact) mass is 278 g/mol. The predicted octanol–water partition coefficient (Wildman–Crippen LogP) is 2.67. The Morgan fingerprint density at radius 3 is 2.84 bits per heavy atom. The van der Waals surface area contributed by atoms with E-state index in [9.17, 15) is 4.79 Å². The average Bonchev–Trinajstić information content (AvgIpc) is 2.92. The lowest BCUT2D eigenvalue weighted by molar-refractivity contribution is 0.101. The number of aromatic nitrogens is 2. The van der Waals surface area contributed by atoms with Crippen LogP contribution in [-0.2, 0) is 13.0 Å². The van der Waals surface area contributed by atoms with Gasteiger partial charge in [0, 0.05) is 17.6 Å². The number of hydrogen-bond acceptors (Lipinski definition) is 4. The second kappa shape index (κ2) is 5.44. The lowest BCUT2D eigenvalue weighted by atomic mass is 10.3. The van der Waals surface area contributed by atoms with Crippen molar-refractivity contribution in [2.45, 2.75) is 33.7 Å². The minimum atomic E-state index is -0.171. The van der Waals surface area contributed by atoms with Gasteiger partial charge in [-0.2, -0.15) is 0 Å². The first-order valence-corrected chi connectivity index (χ1v) is 7.10. The first-order chi connectivity index (χ1) is 9.05. The van der Waals surface area contributed by atoms with Crippen LogP contribution in [0, 0.1) is 6.92 Å². The molecule has 2 heterocycles. The Bertz CT molecular complexity index is 600. The Labute approximate surface area is 116 Å². The summed E-state index contributed by atoms with van der Waals surface area (Å²) in [6, 6.07) is 1.68. The summed E-state index contributed by atoms with van der Waals surface area (Å²) in [7, 11) is 0. The maximum Gasteiger partial charge on any atom is 0.274 e. The fourth-order valence-corrected chi connectivity index (χ4v) is 2.85. The van der Waals surface area contributed by atoms with Gasteiger partial charge >= 0.3 is 0 Å². The van der Waals surface area contributed by atoms with Crippen molar-refractivity contribution in [2.24, 2.45) is 0 Å². The summed E-state index contributed by atoms with van der Waals surface area (Å²) in [6.45, 7) is 6.74. The van der Waals surface area contributed by atoms with E-state index in [4.69, 9.17) is 5.73 Å². The average molecular weight is 278 g/mol. The van der Waals surface area contributed by atoms with Crippen LogP contribution >= 0.6 is 11.3 Å². The topological polar surface area (TPSA) is 72.9 Å². The standard InChI is InChI=1S/C13H18N4OS/c1-4-10-8(3)19-13(15-10)16-12(18)11-6-9(14)7-17(11)5-2/h6-7H,4-5,14H2,1-3H3,(H,15,16,18). The highest BCUT2D eigenvalue weighted by molar-refractivity contribution is 7.15. The summed E-state index contributed by atoms with van der Waals surface area (Å²) in [5.74, 6) is -0.171. The number of hydrogen-bond donors (Lipinski definition) is 2. The Kier molecular flexibility index (Phi) is 3.90. The van der Waals surface area contributed by atoms with Gasteiger partial charge in [0.25, 0.3) is 5.91 Å². The molecule has 0 aliphatic heterocycles. The number of carbonyl (C=O) groups is 1. The third-order valence-electron chi connectivity index (χ3n) is 2.94. The molecular formula is C13H18N4OS. The highest BCUT2D eigenvalue weighted by Crippen LogP contribution is 2.23. The van der Waals surface area contributed by atoms with Gasteiger partial charge < -0.3 is 10.3 Å². The summed E-state index contributed by atoms with van der Waals surface area (Å²) in [6.07, 6.45) is 2.63. The van der Waals surface area contributed by atoms with Crippen molar-refractivity contribution in [3.05, 3.63) is 28.5 Å². The van der Waals surface area contributed by atoms with E-state index >= 15 is 0 Å². The van der Waals surface area contributed by atoms with Gasteiger partial charge in [0.1, 0.15) is 5.69 Å². The number of thiazole rings is 1. The highest BCUT2D eigenvalue weighted by Gasteiger charge is 2.14. The molecule has 0 spiro atoms. The molecule has 2 aromatic rings. The second-order valence-corrected chi connectivity index (χ2v) is 5.48. The fourth-order valence-electron chi connectivity index (χ4n) is 1.96. The van der Waals surface area contributed by atoms with Crippen LogP contribution in [0.2, 0.25) is 0 Å². The summed E-state index contributed by atoms with van der Waals surface area (Å²) in [4.78, 5) is 17.7. The lowest BCUT2D eigenvalue weighted by Crippen LogP contribution is -2.16. The van der Waals surface area contributed by atoms with Gasteiger partial charge in [0.2, 0.25) is 0 Å². The normalized spacial score (nSPS) is 10.7. The van der Waals surface area contributed by atoms with Crippen molar-refractivity contribution in [3.63, 3.8) is 0 Å². The molecule has 19 heavy (non-hydrogen) atoms. The van der Waals surface area contributed by atoms with Gasteiger partial charge in [-0.3, -0.25) is 10.1 Å². The molecule has 0 unspecified atom stereocenters. The van der Waals surface area contributed by atoms with E-state index in [2.05, 4.69) is 17.2 Å². The fraction of sp³-hybridized carbons (Fsp3) is 0.385. The van der Waals surface area contributed by atoms with Gasteiger partial charge in [-0.15, -0.1) is 11.3 Å². The summed E-state index contributed by atoms with van der Waals surface area (Å²) < 4.78 is 1.83. The van der Waals surface area contributed by atoms with Gasteiger partial charge in [0.15, 0.2) is 5.13 Å². The molecule has 0 aromatic carbocycles. The zero-order chi connectivity index (χ0) is 14.0. The Morgan fingerprint density at radius 2 is 2.26 bits per heavy atom. The van der Waals surface area contributed by atoms with Crippen LogP contribution < -0.4 is 11.1 Å². The van der Waals surface area contributed by atoms with Crippen molar-refractivity contribution >= 4 is 28.1 Å². The Hall–Kier alpha value is -1.82. The van der Waals surface area contributed by atoms with Gasteiger partial charge in [0.05, 0.1) is 11.4 Å². The molecule has 0 saturated heterocycles. The van der Waals surface area contributed by atoms with Crippen LogP contribution in [0.25, 0.3) is 0 Å². The Morgan fingerprint density at radius 1 is 1.53 bits per heavy atom. The van der Waals surface area contributed by atoms with Gasteiger partial charge in [-0.25, -0.2) is 4.98 Å². The molecule has 5 nitrogen and oxygen atoms in total. The lowest BCUT2D eigenvalue weighted by Gasteiger charge is -2.05. The van der Waals surface area contributed by atoms with Crippen LogP contribution in [0.1, 0.15) is 34.9 Å². The molecule has 3 N–H and O–H groups in total. The van der Waals surface area contributed by atoms with E-state index in [1.165, 1.54) is 11.3 Å². The van der Waals surface area contributed by atoms with Gasteiger partial charge in [-0.1, -0.05) is 6.92 Å². The number of carbonyl (C=O) groups excluding carboxylic acids is 1. The molecule has 0 aliphatic carbocycles. The van der Waals surface area contributed by atoms with Crippen molar-refractivity contribution in [1.29, 1.82) is 0 Å². The van der Waals surface area contributed by atoms with Gasteiger partial charge in [-0.05, 0) is 26.3 Å². The number of rotatable bonds is 4. The molecule has 0 radical (unpaired) electrons. The molecule has 0 bridgehead atoms. The van der Waals surface area contributed by atoms with E-state index in [1.807, 2.05) is 18.4 Å². The molecule has 6 heteroatoms. The number of nitrogens with one attached hydrogen (secondary N) is 1. The highest BCUT2D eigenvalue weighted by atomic mass is 32.1. The molecule has 0 fully saturated rings. The van der Waals surface area contributed by atoms with Crippen LogP contribution in [-0.4, -0.2) is 15.5 Å². The van der Waals surface area contributed by atoms with Crippen LogP contribution in [0.5, 0.6) is 0 Å². The van der Waals surface area contributed by atoms with Crippen molar-refractivity contribution in [3.8, 4) is 0 Å². The molecule has 0 saturated carbocycles. The van der Waals surface area contributed by atoms with Crippen molar-refractivity contribution < 1.29 is 4.79 Å². The smallest absolute Gasteiger partial charge is 0.274 e. The van der Waals surface area contributed by atoms with Crippen LogP contribution in [0.15, 0.2) is 12.3 Å². The quantitative estimate of drug-likeness (QED) is 0.903. The number of nitrogen functional groups attached to an aromatic ring is 1. The number of anilines is 2. The molecule has 0 aliphatic rings. The van der Waals surface area contributed by atoms with E-state index in [0.717, 1.165) is 17.0 Å². The summed E-state index contributed by atoms with van der Waals surface area (Å²) in [5.41, 5.74) is 7.91. The summed E-state index contributed by atoms with van der Waals surface area (Å²) >= 11 is 1.50. The van der Waals surface area contributed by atoms with Crippen molar-refractivity contribution in [2.75, 3.05) is 11.1 Å². The Balaban J connectivity index is 2.20.